The molecule has 230 valence electrons. The van der Waals surface area contributed by atoms with Gasteiger partial charge >= 0.3 is 6.09 Å². The van der Waals surface area contributed by atoms with Gasteiger partial charge in [-0.15, -0.1) is 0 Å². The summed E-state index contributed by atoms with van der Waals surface area (Å²) in [5.74, 6) is 0.592. The molecule has 2 aliphatic heterocycles. The van der Waals surface area contributed by atoms with Gasteiger partial charge in [0.25, 0.3) is 0 Å². The smallest absolute Gasteiger partial charge is 0.410 e. The number of nitrogens with zero attached hydrogens (tertiary/aromatic N) is 3. The first-order valence-corrected chi connectivity index (χ1v) is 16.7. The van der Waals surface area contributed by atoms with Crippen LogP contribution in [0.5, 0.6) is 0 Å². The van der Waals surface area contributed by atoms with E-state index in [2.05, 4.69) is 17.0 Å². The van der Waals surface area contributed by atoms with Crippen molar-refractivity contribution < 1.29 is 18.5 Å². The van der Waals surface area contributed by atoms with Gasteiger partial charge in [0.1, 0.15) is 5.60 Å². The number of halogens is 2. The van der Waals surface area contributed by atoms with Crippen LogP contribution >= 0.6 is 23.2 Å². The molecule has 0 aliphatic carbocycles. The van der Waals surface area contributed by atoms with E-state index >= 15 is 0 Å². The molecule has 2 aromatic rings. The van der Waals surface area contributed by atoms with E-state index in [1.54, 1.807) is 36.0 Å². The normalized spacial score (nSPS) is 19.7. The molecule has 1 fully saturated rings. The van der Waals surface area contributed by atoms with Crippen molar-refractivity contribution in [2.24, 2.45) is 0 Å². The zero-order valence-corrected chi connectivity index (χ0v) is 27.9. The number of hydrogen-bond donors (Lipinski definition) is 0. The van der Waals surface area contributed by atoms with Gasteiger partial charge in [-0.1, -0.05) is 60.5 Å². The first-order valence-electron chi connectivity index (χ1n) is 14.6. The molecule has 2 aromatic carbocycles. The summed E-state index contributed by atoms with van der Waals surface area (Å²) in [6, 6.07) is 13.7. The lowest BCUT2D eigenvalue weighted by Gasteiger charge is -2.46. The van der Waals surface area contributed by atoms with Crippen LogP contribution in [0.25, 0.3) is 0 Å². The summed E-state index contributed by atoms with van der Waals surface area (Å²) in [6.07, 6.45) is 2.01. The van der Waals surface area contributed by atoms with Crippen LogP contribution in [0.15, 0.2) is 42.5 Å². The lowest BCUT2D eigenvalue weighted by Crippen LogP contribution is -2.56. The molecule has 0 aromatic heterocycles. The Bertz CT molecular complexity index is 1340. The molecule has 42 heavy (non-hydrogen) atoms. The fourth-order valence-electron chi connectivity index (χ4n) is 6.29. The zero-order valence-electron chi connectivity index (χ0n) is 25.5. The number of carbonyl (C=O) groups excluding carboxylic acids is 2. The van der Waals surface area contributed by atoms with Gasteiger partial charge in [-0.05, 0) is 81.9 Å². The van der Waals surface area contributed by atoms with Crippen molar-refractivity contribution >= 4 is 46.0 Å². The van der Waals surface area contributed by atoms with E-state index in [-0.39, 0.29) is 17.2 Å². The third-order valence-electron chi connectivity index (χ3n) is 8.73. The second-order valence-electron chi connectivity index (χ2n) is 12.5. The molecule has 1 saturated heterocycles. The topological polar surface area (TPSA) is 70.2 Å². The average molecular weight is 637 g/mol. The second kappa shape index (κ2) is 12.8. The Balaban J connectivity index is 1.65. The van der Waals surface area contributed by atoms with Gasteiger partial charge in [0, 0.05) is 50.2 Å². The van der Waals surface area contributed by atoms with Crippen LogP contribution in [0.4, 0.5) is 4.79 Å². The van der Waals surface area contributed by atoms with E-state index in [4.69, 9.17) is 27.9 Å². The van der Waals surface area contributed by atoms with Crippen LogP contribution in [0, 0.1) is 0 Å². The molecule has 1 spiro atoms. The van der Waals surface area contributed by atoms with Crippen LogP contribution in [0.3, 0.4) is 0 Å². The van der Waals surface area contributed by atoms with E-state index in [1.165, 1.54) is 11.1 Å². The van der Waals surface area contributed by atoms with E-state index in [0.717, 1.165) is 31.5 Å². The van der Waals surface area contributed by atoms with E-state index in [9.17, 15) is 13.8 Å². The molecule has 1 unspecified atom stereocenters. The lowest BCUT2D eigenvalue weighted by atomic mass is 9.83. The summed E-state index contributed by atoms with van der Waals surface area (Å²) in [5, 5.41) is 0.793. The fourth-order valence-corrected chi connectivity index (χ4v) is 8.48. The quantitative estimate of drug-likeness (QED) is 0.328. The van der Waals surface area contributed by atoms with Crippen molar-refractivity contribution in [3.8, 4) is 0 Å². The minimum absolute atomic E-state index is 0.0284. The third kappa shape index (κ3) is 6.67. The second-order valence-corrected chi connectivity index (χ2v) is 15.1. The molecule has 0 bridgehead atoms. The van der Waals surface area contributed by atoms with Crippen molar-refractivity contribution in [1.29, 1.82) is 0 Å². The summed E-state index contributed by atoms with van der Waals surface area (Å²) in [6.45, 7) is 9.82. The van der Waals surface area contributed by atoms with Gasteiger partial charge in [0.05, 0.1) is 20.3 Å². The number of rotatable bonds is 8. The van der Waals surface area contributed by atoms with Crippen LogP contribution < -0.4 is 0 Å². The van der Waals surface area contributed by atoms with Crippen LogP contribution in [-0.4, -0.2) is 76.8 Å². The SMILES string of the molecule is CCC(=O)N(C)C[C@](CCN1CCC2(CC1)c1ccccc1CS2=O)(c1ccc(Cl)c(Cl)c1)N(C)C(=O)OC(C)(C)C. The molecular weight excluding hydrogens is 593 g/mol. The highest BCUT2D eigenvalue weighted by atomic mass is 35.5. The number of likely N-dealkylation sites (N-methyl/N-ethyl adjacent to an activating group) is 2. The van der Waals surface area contributed by atoms with E-state index < -0.39 is 28.0 Å². The highest BCUT2D eigenvalue weighted by Gasteiger charge is 2.48. The first-order chi connectivity index (χ1) is 19.7. The van der Waals surface area contributed by atoms with Crippen molar-refractivity contribution in [1.82, 2.24) is 14.7 Å². The molecule has 2 atom stereocenters. The minimum Gasteiger partial charge on any atom is -0.444 e. The summed E-state index contributed by atoms with van der Waals surface area (Å²) in [4.78, 5) is 32.1. The number of carbonyl (C=O) groups is 2. The number of amides is 2. The Morgan fingerprint density at radius 2 is 1.71 bits per heavy atom. The standard InChI is InChI=1S/C32H43Cl2N3O4S/c1-7-28(38)35(5)22-31(24-12-13-26(33)27(34)20-24,36(6)29(39)41-30(2,3)4)14-17-37-18-15-32(16-19-37)25-11-9-8-10-23(25)21-42(32)40/h8-13,20H,7,14-19,21-22H2,1-6H3/t31-,42?/m1/s1. The number of likely N-dealkylation sites (tertiary alicyclic amines) is 1. The monoisotopic (exact) mass is 635 g/mol. The van der Waals surface area contributed by atoms with Crippen molar-refractivity contribution in [3.05, 3.63) is 69.2 Å². The Labute approximate surface area is 262 Å². The minimum atomic E-state index is -0.950. The van der Waals surface area contributed by atoms with Crippen molar-refractivity contribution in [3.63, 3.8) is 0 Å². The summed E-state index contributed by atoms with van der Waals surface area (Å²) < 4.78 is 18.9. The van der Waals surface area contributed by atoms with E-state index in [1.807, 2.05) is 45.9 Å². The highest BCUT2D eigenvalue weighted by Crippen LogP contribution is 2.47. The molecule has 10 heteroatoms. The van der Waals surface area contributed by atoms with E-state index in [0.29, 0.717) is 35.2 Å². The fraction of sp³-hybridized carbons (Fsp3) is 0.562. The lowest BCUT2D eigenvalue weighted by molar-refractivity contribution is -0.131. The van der Waals surface area contributed by atoms with Gasteiger partial charge in [0.2, 0.25) is 5.91 Å². The van der Waals surface area contributed by atoms with Gasteiger partial charge in [-0.2, -0.15) is 0 Å². The van der Waals surface area contributed by atoms with Crippen molar-refractivity contribution in [2.75, 3.05) is 40.3 Å². The van der Waals surface area contributed by atoms with Gasteiger partial charge in [-0.3, -0.25) is 13.9 Å². The van der Waals surface area contributed by atoms with Gasteiger partial charge < -0.3 is 14.5 Å². The predicted molar refractivity (Wildman–Crippen MR) is 170 cm³/mol. The van der Waals surface area contributed by atoms with Crippen LogP contribution in [0.1, 0.15) is 70.1 Å². The largest absolute Gasteiger partial charge is 0.444 e. The molecule has 2 amide bonds. The Morgan fingerprint density at radius 3 is 2.33 bits per heavy atom. The Hall–Kier alpha value is -2.13. The molecule has 0 saturated carbocycles. The summed E-state index contributed by atoms with van der Waals surface area (Å²) >= 11 is 12.8. The molecular formula is C32H43Cl2N3O4S. The van der Waals surface area contributed by atoms with Crippen LogP contribution in [0.2, 0.25) is 10.0 Å². The third-order valence-corrected chi connectivity index (χ3v) is 11.5. The van der Waals surface area contributed by atoms with Gasteiger partial charge in [0.15, 0.2) is 0 Å². The maximum Gasteiger partial charge on any atom is 0.410 e. The Kier molecular flexibility index (Phi) is 10.0. The molecule has 2 heterocycles. The molecule has 0 radical (unpaired) electrons. The van der Waals surface area contributed by atoms with Gasteiger partial charge in [-0.25, -0.2) is 4.79 Å². The number of piperidine rings is 1. The maximum atomic E-state index is 13.6. The average Bonchev–Trinajstić information content (AvgIpc) is 3.22. The number of benzene rings is 2. The number of hydrogen-bond acceptors (Lipinski definition) is 5. The highest BCUT2D eigenvalue weighted by molar-refractivity contribution is 7.85. The summed E-state index contributed by atoms with van der Waals surface area (Å²) in [5.41, 5.74) is 1.56. The number of fused-ring (bicyclic) bond motifs is 2. The number of ether oxygens (including phenoxy) is 1. The van der Waals surface area contributed by atoms with Crippen LogP contribution in [-0.2, 0) is 36.4 Å². The molecule has 4 rings (SSSR count). The predicted octanol–water partition coefficient (Wildman–Crippen LogP) is 6.57. The molecule has 7 nitrogen and oxygen atoms in total. The summed E-state index contributed by atoms with van der Waals surface area (Å²) in [7, 11) is 2.55. The molecule has 0 N–H and O–H groups in total. The maximum absolute atomic E-state index is 13.6. The molecule has 2 aliphatic rings. The van der Waals surface area contributed by atoms with Crippen molar-refractivity contribution in [2.45, 2.75) is 75.0 Å². The first kappa shape index (κ1) is 32.8. The Morgan fingerprint density at radius 1 is 1.05 bits per heavy atom. The zero-order chi connectivity index (χ0) is 30.9.